The lowest BCUT2D eigenvalue weighted by Gasteiger charge is -2.13. The molecule has 2 nitrogen and oxygen atoms in total. The Morgan fingerprint density at radius 3 is 1.72 bits per heavy atom. The van der Waals surface area contributed by atoms with Crippen LogP contribution in [0.4, 0.5) is 26.3 Å². The zero-order valence-electron chi connectivity index (χ0n) is 14.6. The van der Waals surface area contributed by atoms with Crippen LogP contribution in [-0.2, 0) is 9.84 Å². The van der Waals surface area contributed by atoms with Gasteiger partial charge in [-0.3, -0.25) is 0 Å². The third kappa shape index (κ3) is 3.08. The van der Waals surface area contributed by atoms with Crippen molar-refractivity contribution in [3.8, 4) is 0 Å². The first-order valence-electron chi connectivity index (χ1n) is 8.47. The number of sulfone groups is 1. The summed E-state index contributed by atoms with van der Waals surface area (Å²) in [6, 6.07) is 3.26. The zero-order valence-corrected chi connectivity index (χ0v) is 15.4. The molecule has 0 atom stereocenters. The van der Waals surface area contributed by atoms with Crippen molar-refractivity contribution >= 4 is 21.0 Å². The summed E-state index contributed by atoms with van der Waals surface area (Å²) < 4.78 is 105. The van der Waals surface area contributed by atoms with Gasteiger partial charge >= 0.3 is 0 Å². The maximum absolute atomic E-state index is 14.4. The van der Waals surface area contributed by atoms with Crippen LogP contribution in [0.2, 0.25) is 0 Å². The van der Waals surface area contributed by atoms with Gasteiger partial charge in [-0.1, -0.05) is 24.3 Å². The standard InChI is InChI=1S/C20H12F6O2S/c21-9-29(27,28)11-3-1-10(2-4-11)12-7-20(5-6-20)8-13(12)14-15(22)17(24)19(26)18(25)16(14)23/h1-4,7-8H,5-6,9H2. The van der Waals surface area contributed by atoms with Crippen LogP contribution in [0.3, 0.4) is 0 Å². The minimum atomic E-state index is -4.11. The van der Waals surface area contributed by atoms with E-state index in [9.17, 15) is 34.8 Å². The van der Waals surface area contributed by atoms with Crippen LogP contribution in [0.5, 0.6) is 0 Å². The van der Waals surface area contributed by atoms with Crippen LogP contribution >= 0.6 is 0 Å². The molecule has 2 aliphatic carbocycles. The van der Waals surface area contributed by atoms with E-state index in [1.165, 1.54) is 18.2 Å². The van der Waals surface area contributed by atoms with Crippen LogP contribution in [0.25, 0.3) is 11.1 Å². The molecule has 0 amide bonds. The van der Waals surface area contributed by atoms with Gasteiger partial charge in [-0.05, 0) is 41.7 Å². The lowest BCUT2D eigenvalue weighted by atomic mass is 9.94. The molecule has 0 radical (unpaired) electrons. The third-order valence-electron chi connectivity index (χ3n) is 5.13. The van der Waals surface area contributed by atoms with Crippen molar-refractivity contribution < 1.29 is 34.8 Å². The largest absolute Gasteiger partial charge is 0.233 e. The van der Waals surface area contributed by atoms with E-state index in [0.717, 1.165) is 12.1 Å². The highest BCUT2D eigenvalue weighted by atomic mass is 32.2. The molecular formula is C20H12F6O2S. The van der Waals surface area contributed by atoms with Crippen molar-refractivity contribution in [2.75, 3.05) is 6.01 Å². The van der Waals surface area contributed by atoms with Gasteiger partial charge in [-0.15, -0.1) is 0 Å². The van der Waals surface area contributed by atoms with E-state index in [0.29, 0.717) is 18.4 Å². The molecule has 2 aliphatic rings. The van der Waals surface area contributed by atoms with Crippen LogP contribution in [0.15, 0.2) is 41.3 Å². The Morgan fingerprint density at radius 1 is 0.759 bits per heavy atom. The van der Waals surface area contributed by atoms with Gasteiger partial charge in [0, 0.05) is 5.41 Å². The Morgan fingerprint density at radius 2 is 1.24 bits per heavy atom. The topological polar surface area (TPSA) is 34.1 Å². The number of rotatable bonds is 4. The molecule has 0 aromatic heterocycles. The summed E-state index contributed by atoms with van der Waals surface area (Å²) in [6.07, 6.45) is 4.42. The predicted molar refractivity (Wildman–Crippen MR) is 93.5 cm³/mol. The highest BCUT2D eigenvalue weighted by molar-refractivity contribution is 7.91. The Labute approximate surface area is 162 Å². The monoisotopic (exact) mass is 430 g/mol. The van der Waals surface area contributed by atoms with Crippen molar-refractivity contribution in [3.05, 3.63) is 76.6 Å². The molecule has 0 saturated heterocycles. The average Bonchev–Trinajstić information content (AvgIpc) is 3.37. The van der Waals surface area contributed by atoms with Crippen molar-refractivity contribution in [1.82, 2.24) is 0 Å². The molecule has 1 spiro atoms. The molecule has 9 heteroatoms. The third-order valence-corrected chi connectivity index (χ3v) is 6.41. The average molecular weight is 430 g/mol. The molecule has 1 fully saturated rings. The molecular weight excluding hydrogens is 418 g/mol. The lowest BCUT2D eigenvalue weighted by Crippen LogP contribution is -2.07. The van der Waals surface area contributed by atoms with E-state index < -0.39 is 55.9 Å². The molecule has 0 bridgehead atoms. The fraction of sp³-hybridized carbons (Fsp3) is 0.200. The highest BCUT2D eigenvalue weighted by Crippen LogP contribution is 2.58. The minimum absolute atomic E-state index is 0.156. The molecule has 1 saturated carbocycles. The Bertz CT molecular complexity index is 1160. The van der Waals surface area contributed by atoms with Crippen molar-refractivity contribution in [2.45, 2.75) is 17.7 Å². The Balaban J connectivity index is 1.86. The summed E-state index contributed by atoms with van der Waals surface area (Å²) in [5.74, 6) is -10.2. The van der Waals surface area contributed by atoms with Gasteiger partial charge in [-0.2, -0.15) is 0 Å². The molecule has 152 valence electrons. The van der Waals surface area contributed by atoms with Crippen LogP contribution < -0.4 is 0 Å². The quantitative estimate of drug-likeness (QED) is 0.373. The van der Waals surface area contributed by atoms with Gasteiger partial charge < -0.3 is 0 Å². The number of halogens is 6. The smallest absolute Gasteiger partial charge is 0.207 e. The van der Waals surface area contributed by atoms with E-state index in [-0.39, 0.29) is 16.0 Å². The van der Waals surface area contributed by atoms with Crippen LogP contribution in [-0.4, -0.2) is 14.4 Å². The molecule has 2 aromatic rings. The Kier molecular flexibility index (Phi) is 4.41. The summed E-state index contributed by atoms with van der Waals surface area (Å²) in [6.45, 7) is 0. The predicted octanol–water partition coefficient (Wildman–Crippen LogP) is 5.34. The van der Waals surface area contributed by atoms with E-state index in [1.807, 2.05) is 0 Å². The number of hydrogen-bond acceptors (Lipinski definition) is 2. The second kappa shape index (κ2) is 6.48. The number of hydrogen-bond donors (Lipinski definition) is 0. The maximum atomic E-state index is 14.4. The van der Waals surface area contributed by atoms with Gasteiger partial charge in [0.2, 0.25) is 15.7 Å². The first-order chi connectivity index (χ1) is 13.6. The molecule has 0 unspecified atom stereocenters. The number of alkyl halides is 1. The minimum Gasteiger partial charge on any atom is -0.233 e. The van der Waals surface area contributed by atoms with Gasteiger partial charge in [0.1, 0.15) is 0 Å². The van der Waals surface area contributed by atoms with Gasteiger partial charge in [0.05, 0.1) is 10.5 Å². The zero-order chi connectivity index (χ0) is 21.1. The second-order valence-electron chi connectivity index (χ2n) is 7.04. The SMILES string of the molecule is O=S(=O)(CF)c1ccc(C2=CC3(C=C2c2c(F)c(F)c(F)c(F)c2F)CC3)cc1. The van der Waals surface area contributed by atoms with Crippen molar-refractivity contribution in [3.63, 3.8) is 0 Å². The van der Waals surface area contributed by atoms with E-state index in [2.05, 4.69) is 0 Å². The lowest BCUT2D eigenvalue weighted by molar-refractivity contribution is 0.376. The first-order valence-corrected chi connectivity index (χ1v) is 10.1. The van der Waals surface area contributed by atoms with Crippen molar-refractivity contribution in [1.29, 1.82) is 0 Å². The summed E-state index contributed by atoms with van der Waals surface area (Å²) in [5.41, 5.74) is -1.20. The normalized spacial score (nSPS) is 17.4. The molecule has 0 N–H and O–H groups in total. The van der Waals surface area contributed by atoms with Gasteiger partial charge in [0.15, 0.2) is 29.3 Å². The second-order valence-corrected chi connectivity index (χ2v) is 8.96. The highest BCUT2D eigenvalue weighted by Gasteiger charge is 2.44. The summed E-state index contributed by atoms with van der Waals surface area (Å²) in [5, 5.41) is 0. The Hall–Kier alpha value is -2.55. The molecule has 0 aliphatic heterocycles. The first kappa shape index (κ1) is 19.8. The molecule has 2 aromatic carbocycles. The van der Waals surface area contributed by atoms with E-state index in [1.54, 1.807) is 6.08 Å². The summed E-state index contributed by atoms with van der Waals surface area (Å²) >= 11 is 0. The summed E-state index contributed by atoms with van der Waals surface area (Å²) in [7, 11) is -4.11. The molecule has 0 heterocycles. The fourth-order valence-electron chi connectivity index (χ4n) is 3.40. The van der Waals surface area contributed by atoms with E-state index in [4.69, 9.17) is 0 Å². The molecule has 29 heavy (non-hydrogen) atoms. The van der Waals surface area contributed by atoms with Gasteiger partial charge in [0.25, 0.3) is 0 Å². The maximum Gasteiger partial charge on any atom is 0.207 e. The number of benzene rings is 2. The van der Waals surface area contributed by atoms with Crippen molar-refractivity contribution in [2.24, 2.45) is 5.41 Å². The van der Waals surface area contributed by atoms with Gasteiger partial charge in [-0.25, -0.2) is 34.8 Å². The summed E-state index contributed by atoms with van der Waals surface area (Å²) in [4.78, 5) is -0.287. The molecule has 4 rings (SSSR count). The van der Waals surface area contributed by atoms with Crippen LogP contribution in [0.1, 0.15) is 24.0 Å². The van der Waals surface area contributed by atoms with E-state index >= 15 is 0 Å². The fourth-order valence-corrected chi connectivity index (χ4v) is 4.07. The number of allylic oxidation sites excluding steroid dienone is 4. The van der Waals surface area contributed by atoms with Crippen LogP contribution in [0, 0.1) is 34.5 Å².